The molecule has 1 rings (SSSR count). The maximum absolute atomic E-state index is 5.62. The van der Waals surface area contributed by atoms with Crippen LogP contribution < -0.4 is 10.5 Å². The number of nitrogens with two attached hydrogens (primary N) is 1. The molecule has 0 aromatic heterocycles. The monoisotopic (exact) mass is 265 g/mol. The second-order valence-corrected chi connectivity index (χ2v) is 4.80. The summed E-state index contributed by atoms with van der Waals surface area (Å²) in [6.45, 7) is 4.77. The predicted octanol–water partition coefficient (Wildman–Crippen LogP) is 4.02. The third-order valence-electron chi connectivity index (χ3n) is 2.97. The molecular formula is C16H27NO2. The minimum absolute atomic E-state index is 0.764. The van der Waals surface area contributed by atoms with Gasteiger partial charge in [-0.15, -0.1) is 0 Å². The van der Waals surface area contributed by atoms with Crippen molar-refractivity contribution in [2.24, 2.45) is 0 Å². The predicted molar refractivity (Wildman–Crippen MR) is 80.5 cm³/mol. The average Bonchev–Trinajstić information content (AvgIpc) is 2.43. The van der Waals surface area contributed by atoms with Crippen LogP contribution in [0, 0.1) is 0 Å². The molecular weight excluding hydrogens is 238 g/mol. The molecule has 1 aromatic carbocycles. The van der Waals surface area contributed by atoms with E-state index in [0.717, 1.165) is 50.5 Å². The summed E-state index contributed by atoms with van der Waals surface area (Å²) in [6, 6.07) is 7.54. The highest BCUT2D eigenvalue weighted by Gasteiger charge is 1.94. The lowest BCUT2D eigenvalue weighted by Crippen LogP contribution is -2.00. The van der Waals surface area contributed by atoms with E-state index in [-0.39, 0.29) is 0 Å². The van der Waals surface area contributed by atoms with Crippen molar-refractivity contribution in [1.29, 1.82) is 0 Å². The number of anilines is 1. The Hall–Kier alpha value is -1.22. The molecule has 0 saturated carbocycles. The van der Waals surface area contributed by atoms with Crippen molar-refractivity contribution in [3.8, 4) is 5.75 Å². The van der Waals surface area contributed by atoms with Crippen LogP contribution in [0.5, 0.6) is 5.75 Å². The van der Waals surface area contributed by atoms with Gasteiger partial charge in [-0.2, -0.15) is 0 Å². The summed E-state index contributed by atoms with van der Waals surface area (Å²) in [5, 5.41) is 0. The average molecular weight is 265 g/mol. The number of ether oxygens (including phenoxy) is 2. The first kappa shape index (κ1) is 15.8. The molecule has 108 valence electrons. The van der Waals surface area contributed by atoms with Crippen LogP contribution in [-0.2, 0) is 4.74 Å². The molecule has 0 spiro atoms. The van der Waals surface area contributed by atoms with Crippen LogP contribution in [0.25, 0.3) is 0 Å². The molecule has 19 heavy (non-hydrogen) atoms. The van der Waals surface area contributed by atoms with Gasteiger partial charge in [0.25, 0.3) is 0 Å². The first-order chi connectivity index (χ1) is 9.33. The Kier molecular flexibility index (Phi) is 8.90. The molecule has 0 atom stereocenters. The summed E-state index contributed by atoms with van der Waals surface area (Å²) in [6.07, 6.45) is 7.07. The summed E-state index contributed by atoms with van der Waals surface area (Å²) >= 11 is 0. The van der Waals surface area contributed by atoms with E-state index in [0.29, 0.717) is 0 Å². The van der Waals surface area contributed by atoms with Crippen LogP contribution in [0.1, 0.15) is 45.4 Å². The third kappa shape index (κ3) is 8.49. The van der Waals surface area contributed by atoms with Crippen molar-refractivity contribution in [3.63, 3.8) is 0 Å². The molecule has 0 heterocycles. The number of hydrogen-bond donors (Lipinski definition) is 1. The fourth-order valence-electron chi connectivity index (χ4n) is 1.79. The molecule has 0 saturated heterocycles. The van der Waals surface area contributed by atoms with E-state index in [1.165, 1.54) is 19.3 Å². The summed E-state index contributed by atoms with van der Waals surface area (Å²) in [5.41, 5.74) is 6.38. The zero-order valence-electron chi connectivity index (χ0n) is 12.1. The van der Waals surface area contributed by atoms with Crippen molar-refractivity contribution in [1.82, 2.24) is 0 Å². The van der Waals surface area contributed by atoms with Crippen LogP contribution in [-0.4, -0.2) is 19.8 Å². The fourth-order valence-corrected chi connectivity index (χ4v) is 1.79. The number of benzene rings is 1. The number of rotatable bonds is 11. The van der Waals surface area contributed by atoms with Crippen LogP contribution in [0.2, 0.25) is 0 Å². The molecule has 1 aromatic rings. The maximum atomic E-state index is 5.62. The molecule has 0 aliphatic heterocycles. The summed E-state index contributed by atoms with van der Waals surface area (Å²) in [7, 11) is 0. The molecule has 0 unspecified atom stereocenters. The SMILES string of the molecule is CCCCCOCCCCCOc1ccc(N)cc1. The second kappa shape index (κ2) is 10.7. The Labute approximate surface area is 117 Å². The smallest absolute Gasteiger partial charge is 0.119 e. The Morgan fingerprint density at radius 3 is 2.16 bits per heavy atom. The van der Waals surface area contributed by atoms with E-state index in [9.17, 15) is 0 Å². The van der Waals surface area contributed by atoms with Crippen molar-refractivity contribution in [2.75, 3.05) is 25.6 Å². The van der Waals surface area contributed by atoms with Crippen LogP contribution in [0.3, 0.4) is 0 Å². The molecule has 0 bridgehead atoms. The van der Waals surface area contributed by atoms with Gasteiger partial charge in [0.1, 0.15) is 5.75 Å². The van der Waals surface area contributed by atoms with Crippen LogP contribution in [0.15, 0.2) is 24.3 Å². The van der Waals surface area contributed by atoms with Gasteiger partial charge in [-0.3, -0.25) is 0 Å². The molecule has 0 radical (unpaired) electrons. The van der Waals surface area contributed by atoms with Crippen LogP contribution in [0.4, 0.5) is 5.69 Å². The molecule has 3 nitrogen and oxygen atoms in total. The normalized spacial score (nSPS) is 10.6. The quantitative estimate of drug-likeness (QED) is 0.485. The van der Waals surface area contributed by atoms with Gasteiger partial charge in [-0.1, -0.05) is 19.8 Å². The number of hydrogen-bond acceptors (Lipinski definition) is 3. The van der Waals surface area contributed by atoms with E-state index in [1.54, 1.807) is 0 Å². The molecule has 0 aliphatic carbocycles. The fraction of sp³-hybridized carbons (Fsp3) is 0.625. The zero-order valence-corrected chi connectivity index (χ0v) is 12.1. The van der Waals surface area contributed by atoms with E-state index in [1.807, 2.05) is 24.3 Å². The summed E-state index contributed by atoms with van der Waals surface area (Å²) in [4.78, 5) is 0. The van der Waals surface area contributed by atoms with E-state index in [2.05, 4.69) is 6.92 Å². The lowest BCUT2D eigenvalue weighted by molar-refractivity contribution is 0.125. The molecule has 2 N–H and O–H groups in total. The highest BCUT2D eigenvalue weighted by molar-refractivity contribution is 5.41. The van der Waals surface area contributed by atoms with Gasteiger partial charge >= 0.3 is 0 Å². The first-order valence-corrected chi connectivity index (χ1v) is 7.39. The van der Waals surface area contributed by atoms with Crippen molar-refractivity contribution >= 4 is 5.69 Å². The highest BCUT2D eigenvalue weighted by atomic mass is 16.5. The zero-order chi connectivity index (χ0) is 13.8. The van der Waals surface area contributed by atoms with E-state index >= 15 is 0 Å². The molecule has 0 aliphatic rings. The molecule has 0 amide bonds. The Bertz CT molecular complexity index is 311. The standard InChI is InChI=1S/C16H27NO2/c1-2-3-5-12-18-13-6-4-7-14-19-16-10-8-15(17)9-11-16/h8-11H,2-7,12-14,17H2,1H3. The largest absolute Gasteiger partial charge is 0.494 e. The van der Waals surface area contributed by atoms with Gasteiger partial charge in [0, 0.05) is 18.9 Å². The minimum atomic E-state index is 0.764. The van der Waals surface area contributed by atoms with E-state index in [4.69, 9.17) is 15.2 Å². The van der Waals surface area contributed by atoms with Crippen molar-refractivity contribution < 1.29 is 9.47 Å². The molecule has 0 fully saturated rings. The van der Waals surface area contributed by atoms with Crippen molar-refractivity contribution in [2.45, 2.75) is 45.4 Å². The Balaban J connectivity index is 1.87. The Morgan fingerprint density at radius 2 is 1.47 bits per heavy atom. The van der Waals surface area contributed by atoms with Gasteiger partial charge in [-0.25, -0.2) is 0 Å². The van der Waals surface area contributed by atoms with Gasteiger partial charge < -0.3 is 15.2 Å². The molecule has 3 heteroatoms. The second-order valence-electron chi connectivity index (χ2n) is 4.80. The van der Waals surface area contributed by atoms with Gasteiger partial charge in [0.15, 0.2) is 0 Å². The highest BCUT2D eigenvalue weighted by Crippen LogP contribution is 2.13. The maximum Gasteiger partial charge on any atom is 0.119 e. The van der Waals surface area contributed by atoms with Gasteiger partial charge in [-0.05, 0) is 49.9 Å². The number of nitrogen functional groups attached to an aromatic ring is 1. The van der Waals surface area contributed by atoms with Gasteiger partial charge in [0.05, 0.1) is 6.61 Å². The van der Waals surface area contributed by atoms with Gasteiger partial charge in [0.2, 0.25) is 0 Å². The first-order valence-electron chi connectivity index (χ1n) is 7.39. The third-order valence-corrected chi connectivity index (χ3v) is 2.97. The lowest BCUT2D eigenvalue weighted by Gasteiger charge is -2.06. The van der Waals surface area contributed by atoms with E-state index < -0.39 is 0 Å². The van der Waals surface area contributed by atoms with Crippen LogP contribution >= 0.6 is 0 Å². The van der Waals surface area contributed by atoms with Crippen molar-refractivity contribution in [3.05, 3.63) is 24.3 Å². The summed E-state index contributed by atoms with van der Waals surface area (Å²) in [5.74, 6) is 0.894. The topological polar surface area (TPSA) is 44.5 Å². The minimum Gasteiger partial charge on any atom is -0.494 e. The summed E-state index contributed by atoms with van der Waals surface area (Å²) < 4.78 is 11.2. The lowest BCUT2D eigenvalue weighted by atomic mass is 10.2. The number of unbranched alkanes of at least 4 members (excludes halogenated alkanes) is 4. The Morgan fingerprint density at radius 1 is 0.842 bits per heavy atom.